The number of halogens is 13. The first-order valence-corrected chi connectivity index (χ1v) is 15.5. The summed E-state index contributed by atoms with van der Waals surface area (Å²) in [5.74, 6) is -3.55. The first kappa shape index (κ1) is 28.4. The number of nitrogens with zero attached hydrogens (tertiary/aromatic N) is 1. The molecule has 0 heterocycles. The number of nitro benzene ring substituents is 1. The van der Waals surface area contributed by atoms with Gasteiger partial charge >= 0.3 is 0 Å². The van der Waals surface area contributed by atoms with Crippen LogP contribution in [0.25, 0.3) is 0 Å². The Hall–Kier alpha value is 2.31. The van der Waals surface area contributed by atoms with E-state index in [2.05, 4.69) is 0 Å². The molecule has 8 atom stereocenters. The molecule has 0 N–H and O–H groups in total. The Morgan fingerprint density at radius 1 is 0.667 bits per heavy atom. The molecule has 0 amide bonds. The van der Waals surface area contributed by atoms with Crippen molar-refractivity contribution < 1.29 is 4.92 Å². The van der Waals surface area contributed by atoms with Gasteiger partial charge in [0.1, 0.15) is 19.5 Å². The van der Waals surface area contributed by atoms with Gasteiger partial charge in [0, 0.05) is 29.7 Å². The molecule has 2 saturated carbocycles. The van der Waals surface area contributed by atoms with Gasteiger partial charge in [-0.15, -0.1) is 46.4 Å². The van der Waals surface area contributed by atoms with Crippen molar-refractivity contribution in [3.05, 3.63) is 57.1 Å². The molecule has 0 unspecified atom stereocenters. The predicted molar refractivity (Wildman–Crippen MR) is 159 cm³/mol. The van der Waals surface area contributed by atoms with E-state index < -0.39 is 56.8 Å². The van der Waals surface area contributed by atoms with E-state index in [0.717, 1.165) is 0 Å². The monoisotopic (exact) mass is 839 g/mol. The van der Waals surface area contributed by atoms with Crippen molar-refractivity contribution in [2.45, 2.75) is 40.0 Å². The smallest absolute Gasteiger partial charge is 0.258 e. The van der Waals surface area contributed by atoms with Gasteiger partial charge in [-0.3, -0.25) is 10.1 Å². The summed E-state index contributed by atoms with van der Waals surface area (Å²) in [7, 11) is 0. The molecule has 5 aliphatic carbocycles. The van der Waals surface area contributed by atoms with Crippen LogP contribution in [-0.2, 0) is 0 Å². The van der Waals surface area contributed by atoms with Gasteiger partial charge in [0.25, 0.3) is 5.69 Å². The van der Waals surface area contributed by atoms with Gasteiger partial charge in [-0.05, 0) is 39.8 Å². The van der Waals surface area contributed by atoms with Crippen molar-refractivity contribution >= 4 is 167 Å². The molecule has 2 fully saturated rings. The van der Waals surface area contributed by atoms with Crippen molar-refractivity contribution in [3.63, 3.8) is 0 Å². The summed E-state index contributed by atoms with van der Waals surface area (Å²) in [6, 6.07) is 2.99. The molecule has 16 heteroatoms. The number of fused-ring (bicyclic) bond motifs is 14. The van der Waals surface area contributed by atoms with Gasteiger partial charge in [-0.25, -0.2) is 0 Å². The highest BCUT2D eigenvalue weighted by Gasteiger charge is 2.91. The highest BCUT2D eigenvalue weighted by atomic mass is 127. The Labute approximate surface area is 278 Å². The molecule has 194 valence electrons. The lowest BCUT2D eigenvalue weighted by atomic mass is 9.57. The molecule has 1 aromatic rings. The van der Waals surface area contributed by atoms with Crippen LogP contribution in [0.4, 0.5) is 5.69 Å². The lowest BCUT2D eigenvalue weighted by molar-refractivity contribution is -0.385. The van der Waals surface area contributed by atoms with E-state index in [4.69, 9.17) is 139 Å². The Morgan fingerprint density at radius 3 is 1.36 bits per heavy atom. The normalized spacial score (nSPS) is 46.8. The Balaban J connectivity index is 1.80. The Kier molecular flexibility index (Phi) is 6.18. The summed E-state index contributed by atoms with van der Waals surface area (Å²) < 4.78 is -3.63. The molecule has 3 nitrogen and oxygen atoms in total. The van der Waals surface area contributed by atoms with Gasteiger partial charge < -0.3 is 0 Å². The van der Waals surface area contributed by atoms with Crippen molar-refractivity contribution in [2.24, 2.45) is 11.8 Å². The largest absolute Gasteiger partial charge is 0.282 e. The van der Waals surface area contributed by atoms with Crippen LogP contribution in [0.15, 0.2) is 32.3 Å². The zero-order valence-corrected chi connectivity index (χ0v) is 27.9. The van der Waals surface area contributed by atoms with Crippen molar-refractivity contribution in [1.29, 1.82) is 0 Å². The second-order valence-electron chi connectivity index (χ2n) is 9.45. The van der Waals surface area contributed by atoms with Crippen LogP contribution < -0.4 is 0 Å². The number of hydrogen-bond acceptors (Lipinski definition) is 2. The summed E-state index contributed by atoms with van der Waals surface area (Å²) in [4.78, 5) is 4.26. The van der Waals surface area contributed by atoms with Gasteiger partial charge in [-0.1, -0.05) is 92.8 Å². The van der Waals surface area contributed by atoms with Crippen molar-refractivity contribution in [2.75, 3.05) is 0 Å². The van der Waals surface area contributed by atoms with Crippen LogP contribution in [0.3, 0.4) is 0 Å². The van der Waals surface area contributed by atoms with E-state index in [1.54, 1.807) is 6.07 Å². The van der Waals surface area contributed by atoms with Crippen LogP contribution in [0.1, 0.15) is 23.0 Å². The summed E-state index contributed by atoms with van der Waals surface area (Å²) >= 11 is 85.2. The number of rotatable bonds is 1. The molecule has 0 aromatic heterocycles. The summed E-state index contributed by atoms with van der Waals surface area (Å²) in [5.41, 5.74) is 0.713. The van der Waals surface area contributed by atoms with Crippen molar-refractivity contribution in [3.8, 4) is 0 Å². The van der Waals surface area contributed by atoms with E-state index in [1.165, 1.54) is 6.07 Å². The van der Waals surface area contributed by atoms with Gasteiger partial charge in [-0.2, -0.15) is 0 Å². The van der Waals surface area contributed by atoms with Crippen LogP contribution >= 0.6 is 162 Å². The van der Waals surface area contributed by atoms with E-state index in [-0.39, 0.29) is 25.8 Å². The Morgan fingerprint density at radius 2 is 1.00 bits per heavy atom. The molecule has 0 radical (unpaired) electrons. The van der Waals surface area contributed by atoms with E-state index in [9.17, 15) is 10.1 Å². The molecular weight excluding hydrogens is 839 g/mol. The van der Waals surface area contributed by atoms with Crippen molar-refractivity contribution in [1.82, 2.24) is 0 Å². The first-order chi connectivity index (χ1) is 16.3. The fraction of sp³-hybridized carbons (Fsp3) is 0.500. The molecular formula is C20H6Cl12INO2. The number of benzene rings is 1. The quantitative estimate of drug-likeness (QED) is 0.122. The second kappa shape index (κ2) is 7.82. The van der Waals surface area contributed by atoms with Crippen LogP contribution in [0, 0.1) is 25.5 Å². The van der Waals surface area contributed by atoms with Gasteiger partial charge in [0.05, 0.1) is 28.6 Å². The predicted octanol–water partition coefficient (Wildman–Crippen LogP) is 10.3. The number of allylic oxidation sites excluding steroid dienone is 4. The van der Waals surface area contributed by atoms with Gasteiger partial charge in [0.15, 0.2) is 8.67 Å². The average Bonchev–Trinajstić information content (AvgIpc) is 3.12. The van der Waals surface area contributed by atoms with Gasteiger partial charge in [0.2, 0.25) is 0 Å². The zero-order chi connectivity index (χ0) is 26.9. The topological polar surface area (TPSA) is 43.1 Å². The van der Waals surface area contributed by atoms with Crippen LogP contribution in [-0.4, -0.2) is 33.1 Å². The maximum Gasteiger partial charge on any atom is 0.282 e. The van der Waals surface area contributed by atoms with E-state index in [1.807, 2.05) is 22.6 Å². The summed E-state index contributed by atoms with van der Waals surface area (Å²) in [5, 5.41) is 11.7. The highest BCUT2D eigenvalue weighted by Crippen LogP contribution is 2.88. The average molecular weight is 845 g/mol. The van der Waals surface area contributed by atoms with Crippen LogP contribution in [0.5, 0.6) is 0 Å². The minimum Gasteiger partial charge on any atom is -0.258 e. The molecule has 1 aromatic carbocycles. The third-order valence-electron chi connectivity index (χ3n) is 8.39. The van der Waals surface area contributed by atoms with E-state index in [0.29, 0.717) is 14.7 Å². The molecule has 0 aliphatic heterocycles. The fourth-order valence-electron chi connectivity index (χ4n) is 7.05. The molecule has 5 aliphatic rings. The Bertz CT molecular complexity index is 1400. The van der Waals surface area contributed by atoms with E-state index >= 15 is 0 Å². The lowest BCUT2D eigenvalue weighted by Gasteiger charge is -2.52. The summed E-state index contributed by atoms with van der Waals surface area (Å²) in [6.45, 7) is 0. The number of hydrogen-bond donors (Lipinski definition) is 0. The molecule has 6 rings (SSSR count). The number of nitro groups is 1. The molecule has 36 heavy (non-hydrogen) atoms. The van der Waals surface area contributed by atoms with Crippen LogP contribution in [0.2, 0.25) is 0 Å². The number of alkyl halides is 8. The first-order valence-electron chi connectivity index (χ1n) is 9.93. The third-order valence-corrected chi connectivity index (χ3v) is 17.8. The summed E-state index contributed by atoms with van der Waals surface area (Å²) in [6.07, 6.45) is 0. The second-order valence-corrected chi connectivity index (χ2v) is 17.2. The molecule has 4 bridgehead atoms. The minimum absolute atomic E-state index is 0.0418. The molecule has 0 saturated heterocycles. The third kappa shape index (κ3) is 2.51. The maximum atomic E-state index is 11.9. The SMILES string of the molecule is O=[N+]([O-])c1cc2c(cc1I)[C@@H]1[C@H]([C@H]3[C@H]2[C@@]2(Cl)C(Cl)=C(Cl)[C@@]3(Cl)C2(Cl)Cl)[C@@]2(Cl)C(Cl)=C(Cl)[C@@]1(Cl)C2(Cl)Cl. The lowest BCUT2D eigenvalue weighted by Crippen LogP contribution is -2.53. The highest BCUT2D eigenvalue weighted by molar-refractivity contribution is 14.1. The molecule has 0 spiro atoms. The minimum atomic E-state index is -1.99. The fourth-order valence-corrected chi connectivity index (χ4v) is 13.8. The maximum absolute atomic E-state index is 11.9. The standard InChI is InChI=1S/C20H6Cl12INO2/c21-11-13(23)17(27)9-7(15(11,25)19(17,29)30)3-1-5(33)6(34(35)36)2-4(3)8-10(9)18(28)14(24)12(22)16(8,26)20(18,31)32/h1-2,7-10H/t7-,8+,9-,10-,15-,16-,17-,18-/m1/s1. The zero-order valence-electron chi connectivity index (χ0n) is 16.6.